The van der Waals surface area contributed by atoms with E-state index in [9.17, 15) is 14.7 Å². The molecule has 5 rings (SSSR count). The van der Waals surface area contributed by atoms with Crippen molar-refractivity contribution in [2.75, 3.05) is 19.8 Å². The number of ketones is 1. The number of hydrogen-bond acceptors (Lipinski definition) is 6. The molecule has 2 aromatic carbocycles. The van der Waals surface area contributed by atoms with E-state index in [0.29, 0.717) is 36.8 Å². The number of hydrogen-bond donors (Lipinski definition) is 1. The number of aromatic nitrogens is 2. The zero-order valence-corrected chi connectivity index (χ0v) is 21.0. The van der Waals surface area contributed by atoms with Gasteiger partial charge in [-0.2, -0.15) is 0 Å². The van der Waals surface area contributed by atoms with Crippen molar-refractivity contribution in [2.45, 2.75) is 70.6 Å². The molecule has 0 aliphatic carbocycles. The molecule has 0 radical (unpaired) electrons. The molecule has 0 saturated carbocycles. The van der Waals surface area contributed by atoms with Gasteiger partial charge in [-0.15, -0.1) is 0 Å². The summed E-state index contributed by atoms with van der Waals surface area (Å²) < 4.78 is 12.5. The van der Waals surface area contributed by atoms with Crippen LogP contribution in [0.5, 0.6) is 0 Å². The highest BCUT2D eigenvalue weighted by molar-refractivity contribution is 5.96. The number of aliphatic hydroxyl groups excluding tert-OH is 1. The number of aryl methyl sites for hydroxylation is 1. The monoisotopic (exact) mass is 490 g/mol. The van der Waals surface area contributed by atoms with Crippen LogP contribution in [0.25, 0.3) is 10.9 Å². The summed E-state index contributed by atoms with van der Waals surface area (Å²) in [5.74, 6) is 0.150. The van der Waals surface area contributed by atoms with Crippen LogP contribution in [0.1, 0.15) is 70.8 Å². The average Bonchev–Trinajstić information content (AvgIpc) is 3.41. The van der Waals surface area contributed by atoms with Gasteiger partial charge in [0, 0.05) is 25.2 Å². The third-order valence-corrected chi connectivity index (χ3v) is 7.79. The summed E-state index contributed by atoms with van der Waals surface area (Å²) in [6.07, 6.45) is 5.71. The van der Waals surface area contributed by atoms with Crippen molar-refractivity contribution in [3.8, 4) is 0 Å². The minimum atomic E-state index is -0.728. The third-order valence-electron chi connectivity index (χ3n) is 7.79. The maximum Gasteiger partial charge on any atom is 0.261 e. The second kappa shape index (κ2) is 10.6. The largest absolute Gasteiger partial charge is 0.389 e. The normalized spacial score (nSPS) is 22.2. The second-order valence-electron chi connectivity index (χ2n) is 10.1. The molecule has 3 aromatic rings. The van der Waals surface area contributed by atoms with Crippen LogP contribution < -0.4 is 5.56 Å². The van der Waals surface area contributed by atoms with Crippen LogP contribution in [0.2, 0.25) is 0 Å². The molecule has 2 fully saturated rings. The van der Waals surface area contributed by atoms with Crippen molar-refractivity contribution < 1.29 is 19.4 Å². The van der Waals surface area contributed by atoms with Gasteiger partial charge < -0.3 is 14.6 Å². The molecule has 1 N–H and O–H groups in total. The molecule has 2 aliphatic rings. The highest BCUT2D eigenvalue weighted by Gasteiger charge is 2.27. The lowest BCUT2D eigenvalue weighted by molar-refractivity contribution is -0.0395. The van der Waals surface area contributed by atoms with Crippen molar-refractivity contribution in [3.05, 3.63) is 74.8 Å². The number of fused-ring (bicyclic) bond motifs is 1. The summed E-state index contributed by atoms with van der Waals surface area (Å²) in [7, 11) is 0. The van der Waals surface area contributed by atoms with Gasteiger partial charge in [0.1, 0.15) is 0 Å². The number of rotatable bonds is 7. The van der Waals surface area contributed by atoms with Crippen molar-refractivity contribution in [3.63, 3.8) is 0 Å². The molecule has 3 atom stereocenters. The molecular formula is C29H34N2O5. The summed E-state index contributed by atoms with van der Waals surface area (Å²) >= 11 is 0. The van der Waals surface area contributed by atoms with Crippen molar-refractivity contribution >= 4 is 16.7 Å². The summed E-state index contributed by atoms with van der Waals surface area (Å²) in [4.78, 5) is 30.7. The maximum absolute atomic E-state index is 13.4. The maximum atomic E-state index is 13.4. The summed E-state index contributed by atoms with van der Waals surface area (Å²) in [5, 5.41) is 10.9. The van der Waals surface area contributed by atoms with E-state index >= 15 is 0 Å². The number of Topliss-reactive ketones (excluding diaryl/α,β-unsaturated/α-hetero) is 1. The first kappa shape index (κ1) is 24.8. The van der Waals surface area contributed by atoms with E-state index in [1.54, 1.807) is 10.9 Å². The van der Waals surface area contributed by atoms with E-state index in [2.05, 4.69) is 11.9 Å². The fourth-order valence-electron chi connectivity index (χ4n) is 5.40. The van der Waals surface area contributed by atoms with Crippen LogP contribution in [-0.4, -0.2) is 52.5 Å². The first-order chi connectivity index (χ1) is 17.4. The van der Waals surface area contributed by atoms with E-state index in [-0.39, 0.29) is 30.1 Å². The van der Waals surface area contributed by atoms with Crippen LogP contribution in [-0.2, 0) is 15.9 Å². The molecule has 0 amide bonds. The fourth-order valence-corrected chi connectivity index (χ4v) is 5.40. The lowest BCUT2D eigenvalue weighted by Crippen LogP contribution is -2.39. The van der Waals surface area contributed by atoms with Crippen LogP contribution in [0.15, 0.2) is 41.5 Å². The number of aliphatic hydroxyl groups is 1. The molecule has 2 saturated heterocycles. The van der Waals surface area contributed by atoms with Gasteiger partial charge in [-0.05, 0) is 74.3 Å². The van der Waals surface area contributed by atoms with E-state index < -0.39 is 6.10 Å². The first-order valence-electron chi connectivity index (χ1n) is 12.9. The fraction of sp³-hybridized carbons (Fsp3) is 0.483. The van der Waals surface area contributed by atoms with Gasteiger partial charge in [0.2, 0.25) is 0 Å². The Morgan fingerprint density at radius 1 is 1.14 bits per heavy atom. The Morgan fingerprint density at radius 3 is 2.67 bits per heavy atom. The lowest BCUT2D eigenvalue weighted by atomic mass is 9.93. The number of ether oxygens (including phenoxy) is 2. The Morgan fingerprint density at radius 2 is 1.94 bits per heavy atom. The third kappa shape index (κ3) is 5.01. The Kier molecular flexibility index (Phi) is 7.32. The highest BCUT2D eigenvalue weighted by Crippen LogP contribution is 2.26. The molecule has 1 unspecified atom stereocenters. The number of nitrogens with zero attached hydrogens (tertiary/aromatic N) is 2. The highest BCUT2D eigenvalue weighted by atomic mass is 16.5. The molecule has 7 nitrogen and oxygen atoms in total. The molecule has 7 heteroatoms. The van der Waals surface area contributed by atoms with Crippen LogP contribution >= 0.6 is 0 Å². The smallest absolute Gasteiger partial charge is 0.261 e. The zero-order valence-electron chi connectivity index (χ0n) is 21.0. The Balaban J connectivity index is 1.37. The van der Waals surface area contributed by atoms with E-state index in [0.717, 1.165) is 53.7 Å². The standard InChI is InChI=1S/C29H34N2O5/c1-18-19(2)28-24(29(34)31(17-30-28)25-11-13-35-16-27(25)33)15-22(18)14-20-5-7-21(8-6-20)26(32)10-9-23-4-3-12-36-23/h5-8,15,17,23,25,27,33H,3-4,9-14,16H2,1-2H3/t23?,25-,27-/m0/s1. The molecule has 36 heavy (non-hydrogen) atoms. The van der Waals surface area contributed by atoms with Gasteiger partial charge in [-0.3, -0.25) is 14.2 Å². The van der Waals surface area contributed by atoms with Gasteiger partial charge in [0.25, 0.3) is 5.56 Å². The van der Waals surface area contributed by atoms with E-state index in [1.165, 1.54) is 0 Å². The van der Waals surface area contributed by atoms with Gasteiger partial charge in [-0.1, -0.05) is 24.3 Å². The van der Waals surface area contributed by atoms with E-state index in [1.807, 2.05) is 37.3 Å². The average molecular weight is 491 g/mol. The van der Waals surface area contributed by atoms with Crippen molar-refractivity contribution in [1.82, 2.24) is 9.55 Å². The Bertz CT molecular complexity index is 1310. The molecule has 190 valence electrons. The molecule has 0 spiro atoms. The molecule has 3 heterocycles. The zero-order chi connectivity index (χ0) is 25.2. The summed E-state index contributed by atoms with van der Waals surface area (Å²) in [6.45, 7) is 5.60. The summed E-state index contributed by atoms with van der Waals surface area (Å²) in [5.41, 5.74) is 5.52. The summed E-state index contributed by atoms with van der Waals surface area (Å²) in [6, 6.07) is 9.40. The van der Waals surface area contributed by atoms with Crippen molar-refractivity contribution in [1.29, 1.82) is 0 Å². The van der Waals surface area contributed by atoms with Crippen LogP contribution in [0.4, 0.5) is 0 Å². The Hall–Kier alpha value is -2.87. The lowest BCUT2D eigenvalue weighted by Gasteiger charge is -2.29. The Labute approximate surface area is 211 Å². The topological polar surface area (TPSA) is 90.7 Å². The minimum Gasteiger partial charge on any atom is -0.389 e. The van der Waals surface area contributed by atoms with Gasteiger partial charge in [0.05, 0.1) is 42.1 Å². The minimum absolute atomic E-state index is 0.137. The number of carbonyl (C=O) groups is 1. The molecule has 2 aliphatic heterocycles. The predicted octanol–water partition coefficient (Wildman–Crippen LogP) is 4.07. The van der Waals surface area contributed by atoms with Crippen LogP contribution in [0.3, 0.4) is 0 Å². The van der Waals surface area contributed by atoms with E-state index in [4.69, 9.17) is 9.47 Å². The first-order valence-corrected chi connectivity index (χ1v) is 12.9. The van der Waals surface area contributed by atoms with Crippen molar-refractivity contribution in [2.24, 2.45) is 0 Å². The number of benzene rings is 2. The second-order valence-corrected chi connectivity index (χ2v) is 10.1. The van der Waals surface area contributed by atoms with Gasteiger partial charge in [0.15, 0.2) is 5.78 Å². The quantitative estimate of drug-likeness (QED) is 0.502. The van der Waals surface area contributed by atoms with Gasteiger partial charge in [-0.25, -0.2) is 4.98 Å². The molecular weight excluding hydrogens is 456 g/mol. The SMILES string of the molecule is Cc1c(Cc2ccc(C(=O)CCC3CCCO3)cc2)cc2c(=O)n([C@H]3CCOC[C@@H]3O)cnc2c1C. The number of carbonyl (C=O) groups excluding carboxylic acids is 1. The molecule has 1 aromatic heterocycles. The van der Waals surface area contributed by atoms with Gasteiger partial charge >= 0.3 is 0 Å². The molecule has 0 bridgehead atoms. The van der Waals surface area contributed by atoms with Crippen LogP contribution in [0, 0.1) is 13.8 Å². The predicted molar refractivity (Wildman–Crippen MR) is 138 cm³/mol.